The van der Waals surface area contributed by atoms with Crippen LogP contribution in [0.1, 0.15) is 11.1 Å². The molecular formula is C16H14O4. The van der Waals surface area contributed by atoms with Crippen molar-refractivity contribution in [3.05, 3.63) is 51.9 Å². The average Bonchev–Trinajstić information content (AvgIpc) is 2.38. The summed E-state index contributed by atoms with van der Waals surface area (Å²) in [6, 6.07) is 8.62. The van der Waals surface area contributed by atoms with Crippen LogP contribution in [0.3, 0.4) is 0 Å². The van der Waals surface area contributed by atoms with Crippen LogP contribution in [-0.2, 0) is 6.42 Å². The Hall–Kier alpha value is -2.33. The van der Waals surface area contributed by atoms with Gasteiger partial charge in [0, 0.05) is 23.4 Å². The number of phenols is 1. The summed E-state index contributed by atoms with van der Waals surface area (Å²) in [6.45, 7) is 1.84. The van der Waals surface area contributed by atoms with E-state index in [1.54, 1.807) is 6.07 Å². The van der Waals surface area contributed by atoms with E-state index in [9.17, 15) is 9.90 Å². The summed E-state index contributed by atoms with van der Waals surface area (Å²) in [5.74, 6) is 0.0732. The molecule has 2 N–H and O–H groups in total. The largest absolute Gasteiger partial charge is 0.508 e. The highest BCUT2D eigenvalue weighted by atomic mass is 16.4. The highest BCUT2D eigenvalue weighted by Crippen LogP contribution is 2.30. The fourth-order valence-electron chi connectivity index (χ4n) is 2.69. The number of aliphatic hydroxyl groups excluding tert-OH is 1. The van der Waals surface area contributed by atoms with Crippen molar-refractivity contribution >= 4 is 21.7 Å². The third kappa shape index (κ3) is 1.85. The molecule has 3 rings (SSSR count). The molecule has 2 aromatic carbocycles. The van der Waals surface area contributed by atoms with Crippen molar-refractivity contribution in [2.24, 2.45) is 0 Å². The lowest BCUT2D eigenvalue weighted by molar-refractivity contribution is 0.300. The summed E-state index contributed by atoms with van der Waals surface area (Å²) < 4.78 is 5.33. The van der Waals surface area contributed by atoms with Gasteiger partial charge < -0.3 is 14.6 Å². The van der Waals surface area contributed by atoms with Crippen LogP contribution in [0.15, 0.2) is 39.5 Å². The molecule has 0 saturated carbocycles. The summed E-state index contributed by atoms with van der Waals surface area (Å²) >= 11 is 0. The summed E-state index contributed by atoms with van der Waals surface area (Å²) in [4.78, 5) is 12.2. The van der Waals surface area contributed by atoms with Crippen LogP contribution in [-0.4, -0.2) is 16.8 Å². The van der Waals surface area contributed by atoms with Crippen molar-refractivity contribution in [2.45, 2.75) is 13.3 Å². The minimum atomic E-state index is -0.443. The second-order valence-corrected chi connectivity index (χ2v) is 4.84. The van der Waals surface area contributed by atoms with Crippen LogP contribution in [0.5, 0.6) is 5.75 Å². The molecule has 0 radical (unpaired) electrons. The predicted molar refractivity (Wildman–Crippen MR) is 77.2 cm³/mol. The summed E-state index contributed by atoms with van der Waals surface area (Å²) in [5.41, 5.74) is 1.55. The van der Waals surface area contributed by atoms with E-state index in [4.69, 9.17) is 9.52 Å². The Kier molecular flexibility index (Phi) is 2.95. The second-order valence-electron chi connectivity index (χ2n) is 4.84. The second kappa shape index (κ2) is 4.65. The minimum Gasteiger partial charge on any atom is -0.508 e. The Morgan fingerprint density at radius 1 is 1.20 bits per heavy atom. The minimum absolute atomic E-state index is 0.0227. The van der Waals surface area contributed by atoms with Crippen LogP contribution in [0.25, 0.3) is 21.7 Å². The van der Waals surface area contributed by atoms with E-state index < -0.39 is 5.63 Å². The van der Waals surface area contributed by atoms with Crippen LogP contribution < -0.4 is 5.63 Å². The standard InChI is InChI=1S/C16H14O4/c1-9-7-11(18)8-13-14(9)12-4-2-3-10(5-6-17)15(12)16(19)20-13/h2-4,7-8,17-18H,5-6H2,1H3. The summed E-state index contributed by atoms with van der Waals surface area (Å²) in [5, 5.41) is 20.8. The van der Waals surface area contributed by atoms with Crippen LogP contribution in [0.2, 0.25) is 0 Å². The molecule has 0 spiro atoms. The van der Waals surface area contributed by atoms with E-state index in [-0.39, 0.29) is 12.4 Å². The van der Waals surface area contributed by atoms with Gasteiger partial charge in [0.25, 0.3) is 0 Å². The van der Waals surface area contributed by atoms with Crippen molar-refractivity contribution in [3.63, 3.8) is 0 Å². The molecule has 0 bridgehead atoms. The number of aliphatic hydroxyl groups is 1. The summed E-state index contributed by atoms with van der Waals surface area (Å²) in [6.07, 6.45) is 0.407. The first kappa shape index (κ1) is 12.7. The molecule has 0 aliphatic heterocycles. The highest BCUT2D eigenvalue weighted by molar-refractivity contribution is 6.07. The maximum absolute atomic E-state index is 12.2. The van der Waals surface area contributed by atoms with Gasteiger partial charge in [-0.05, 0) is 30.5 Å². The number of benzene rings is 2. The Morgan fingerprint density at radius 3 is 2.75 bits per heavy atom. The lowest BCUT2D eigenvalue weighted by atomic mass is 9.99. The molecule has 0 aliphatic rings. The molecule has 1 heterocycles. The van der Waals surface area contributed by atoms with Gasteiger partial charge in [0.1, 0.15) is 11.3 Å². The van der Waals surface area contributed by atoms with Crippen molar-refractivity contribution in [1.29, 1.82) is 0 Å². The zero-order valence-electron chi connectivity index (χ0n) is 11.0. The Morgan fingerprint density at radius 2 is 2.00 bits per heavy atom. The zero-order chi connectivity index (χ0) is 14.3. The predicted octanol–water partition coefficient (Wildman–Crippen LogP) is 2.50. The third-order valence-corrected chi connectivity index (χ3v) is 3.49. The van der Waals surface area contributed by atoms with E-state index in [1.807, 2.05) is 25.1 Å². The molecular weight excluding hydrogens is 256 g/mol. The molecule has 3 aromatic rings. The molecule has 102 valence electrons. The number of phenolic OH excluding ortho intramolecular Hbond substituents is 1. The van der Waals surface area contributed by atoms with Gasteiger partial charge in [0.15, 0.2) is 0 Å². The third-order valence-electron chi connectivity index (χ3n) is 3.49. The number of aryl methyl sites for hydroxylation is 1. The van der Waals surface area contributed by atoms with Crippen molar-refractivity contribution in [1.82, 2.24) is 0 Å². The van der Waals surface area contributed by atoms with E-state index in [0.29, 0.717) is 17.4 Å². The topological polar surface area (TPSA) is 70.7 Å². The first-order valence-electron chi connectivity index (χ1n) is 6.40. The fraction of sp³-hybridized carbons (Fsp3) is 0.188. The molecule has 0 atom stereocenters. The molecule has 0 saturated heterocycles. The molecule has 4 heteroatoms. The van der Waals surface area contributed by atoms with E-state index in [0.717, 1.165) is 21.9 Å². The Labute approximate surface area is 114 Å². The monoisotopic (exact) mass is 270 g/mol. The molecule has 4 nitrogen and oxygen atoms in total. The van der Waals surface area contributed by atoms with Gasteiger partial charge in [-0.15, -0.1) is 0 Å². The maximum Gasteiger partial charge on any atom is 0.344 e. The Bertz CT molecular complexity index is 862. The molecule has 0 aliphatic carbocycles. The normalized spacial score (nSPS) is 11.3. The number of aromatic hydroxyl groups is 1. The lowest BCUT2D eigenvalue weighted by Crippen LogP contribution is -2.05. The number of fused-ring (bicyclic) bond motifs is 3. The van der Waals surface area contributed by atoms with Gasteiger partial charge in [0.2, 0.25) is 0 Å². The molecule has 0 unspecified atom stereocenters. The van der Waals surface area contributed by atoms with Crippen LogP contribution in [0.4, 0.5) is 0 Å². The maximum atomic E-state index is 12.2. The lowest BCUT2D eigenvalue weighted by Gasteiger charge is -2.09. The molecule has 20 heavy (non-hydrogen) atoms. The van der Waals surface area contributed by atoms with Gasteiger partial charge in [-0.2, -0.15) is 0 Å². The van der Waals surface area contributed by atoms with Gasteiger partial charge in [-0.1, -0.05) is 18.2 Å². The fourth-order valence-corrected chi connectivity index (χ4v) is 2.69. The van der Waals surface area contributed by atoms with Gasteiger partial charge in [0.05, 0.1) is 5.39 Å². The number of hydrogen-bond donors (Lipinski definition) is 2. The smallest absolute Gasteiger partial charge is 0.344 e. The SMILES string of the molecule is Cc1cc(O)cc2oc(=O)c3c(CCO)cccc3c12. The van der Waals surface area contributed by atoms with Crippen molar-refractivity contribution in [3.8, 4) is 5.75 Å². The van der Waals surface area contributed by atoms with Gasteiger partial charge in [-0.3, -0.25) is 0 Å². The zero-order valence-corrected chi connectivity index (χ0v) is 11.0. The first-order chi connectivity index (χ1) is 9.61. The van der Waals surface area contributed by atoms with Gasteiger partial charge in [-0.25, -0.2) is 4.79 Å². The van der Waals surface area contributed by atoms with Crippen molar-refractivity contribution in [2.75, 3.05) is 6.61 Å². The van der Waals surface area contributed by atoms with E-state index in [2.05, 4.69) is 0 Å². The number of hydrogen-bond acceptors (Lipinski definition) is 4. The molecule has 0 amide bonds. The average molecular weight is 270 g/mol. The molecule has 0 fully saturated rings. The van der Waals surface area contributed by atoms with E-state index in [1.165, 1.54) is 6.07 Å². The number of rotatable bonds is 2. The van der Waals surface area contributed by atoms with E-state index >= 15 is 0 Å². The Balaban J connectivity index is 2.54. The highest BCUT2D eigenvalue weighted by Gasteiger charge is 2.13. The molecule has 1 aromatic heterocycles. The quantitative estimate of drug-likeness (QED) is 0.554. The van der Waals surface area contributed by atoms with Crippen LogP contribution in [0, 0.1) is 6.92 Å². The first-order valence-corrected chi connectivity index (χ1v) is 6.40. The van der Waals surface area contributed by atoms with Crippen LogP contribution >= 0.6 is 0 Å². The summed E-state index contributed by atoms with van der Waals surface area (Å²) in [7, 11) is 0. The van der Waals surface area contributed by atoms with Gasteiger partial charge >= 0.3 is 5.63 Å². The van der Waals surface area contributed by atoms with Crippen molar-refractivity contribution < 1.29 is 14.6 Å².